The maximum absolute atomic E-state index is 12.8. The molecule has 3 rings (SSSR count). The number of alkyl halides is 3. The van der Waals surface area contributed by atoms with Gasteiger partial charge in [-0.05, 0) is 38.0 Å². The van der Waals surface area contributed by atoms with E-state index < -0.39 is 29.5 Å². The first kappa shape index (κ1) is 24.0. The van der Waals surface area contributed by atoms with Crippen molar-refractivity contribution in [3.63, 3.8) is 0 Å². The molecule has 0 aliphatic rings. The molecule has 0 saturated heterocycles. The smallest absolute Gasteiger partial charge is 0.417 e. The predicted octanol–water partition coefficient (Wildman–Crippen LogP) is 3.75. The zero-order valence-corrected chi connectivity index (χ0v) is 18.1. The van der Waals surface area contributed by atoms with Crippen LogP contribution >= 0.6 is 0 Å². The molecule has 7 nitrogen and oxygen atoms in total. The summed E-state index contributed by atoms with van der Waals surface area (Å²) < 4.78 is 44.7. The van der Waals surface area contributed by atoms with Crippen LogP contribution in [-0.4, -0.2) is 39.8 Å². The Morgan fingerprint density at radius 1 is 1.12 bits per heavy atom. The molecule has 174 valence electrons. The molecule has 0 aliphatic heterocycles. The molecule has 0 radical (unpaired) electrons. The maximum Gasteiger partial charge on any atom is 0.417 e. The first-order valence-corrected chi connectivity index (χ1v) is 10.3. The molecule has 10 heteroatoms. The van der Waals surface area contributed by atoms with Gasteiger partial charge in [0, 0.05) is 12.7 Å². The predicted molar refractivity (Wildman–Crippen MR) is 114 cm³/mol. The molecule has 2 aromatic heterocycles. The minimum Gasteiger partial charge on any atom is -0.466 e. The molecule has 1 amide bonds. The van der Waals surface area contributed by atoms with Gasteiger partial charge in [0.1, 0.15) is 0 Å². The minimum atomic E-state index is -4.50. The lowest BCUT2D eigenvalue weighted by Gasteiger charge is -2.16. The van der Waals surface area contributed by atoms with Crippen LogP contribution in [-0.2, 0) is 22.1 Å². The van der Waals surface area contributed by atoms with E-state index in [1.807, 2.05) is 30.3 Å². The van der Waals surface area contributed by atoms with E-state index in [2.05, 4.69) is 15.4 Å². The molecule has 0 fully saturated rings. The summed E-state index contributed by atoms with van der Waals surface area (Å²) in [5.41, 5.74) is 0.675. The number of halogens is 3. The summed E-state index contributed by atoms with van der Waals surface area (Å²) in [4.78, 5) is 28.9. The number of carbonyl (C=O) groups excluding carboxylic acids is 2. The molecule has 0 aliphatic carbocycles. The SMILES string of the molecule is CCOC(=O)C(CNC(=O)c1cnn(-c2ccc(C(F)(F)F)cn2)c1C)Cc1ccccc1. The third-order valence-corrected chi connectivity index (χ3v) is 5.00. The van der Waals surface area contributed by atoms with Crippen molar-refractivity contribution in [2.24, 2.45) is 5.92 Å². The molecule has 3 aromatic rings. The highest BCUT2D eigenvalue weighted by molar-refractivity contribution is 5.95. The average Bonchev–Trinajstić information content (AvgIpc) is 3.18. The van der Waals surface area contributed by atoms with Crippen molar-refractivity contribution in [1.29, 1.82) is 0 Å². The molecule has 0 saturated carbocycles. The van der Waals surface area contributed by atoms with Gasteiger partial charge in [-0.25, -0.2) is 9.67 Å². The van der Waals surface area contributed by atoms with Crippen molar-refractivity contribution in [2.75, 3.05) is 13.2 Å². The first-order valence-electron chi connectivity index (χ1n) is 10.3. The zero-order chi connectivity index (χ0) is 24.0. The topological polar surface area (TPSA) is 86.1 Å². The molecule has 1 unspecified atom stereocenters. The quantitative estimate of drug-likeness (QED) is 0.518. The molecule has 1 N–H and O–H groups in total. The monoisotopic (exact) mass is 460 g/mol. The summed E-state index contributed by atoms with van der Waals surface area (Å²) in [5, 5.41) is 6.81. The highest BCUT2D eigenvalue weighted by atomic mass is 19.4. The third kappa shape index (κ3) is 5.97. The fourth-order valence-electron chi connectivity index (χ4n) is 3.25. The van der Waals surface area contributed by atoms with Gasteiger partial charge in [0.25, 0.3) is 5.91 Å². The van der Waals surface area contributed by atoms with Gasteiger partial charge in [-0.3, -0.25) is 9.59 Å². The van der Waals surface area contributed by atoms with Crippen molar-refractivity contribution in [1.82, 2.24) is 20.1 Å². The fourth-order valence-corrected chi connectivity index (χ4v) is 3.25. The number of hydrogen-bond donors (Lipinski definition) is 1. The Morgan fingerprint density at radius 2 is 1.85 bits per heavy atom. The van der Waals surface area contributed by atoms with Crippen molar-refractivity contribution in [2.45, 2.75) is 26.4 Å². The summed E-state index contributed by atoms with van der Waals surface area (Å²) in [6, 6.07) is 11.5. The van der Waals surface area contributed by atoms with Crippen LogP contribution in [0.1, 0.15) is 34.1 Å². The Morgan fingerprint density at radius 3 is 2.45 bits per heavy atom. The van der Waals surface area contributed by atoms with Gasteiger partial charge in [-0.2, -0.15) is 18.3 Å². The summed E-state index contributed by atoms with van der Waals surface area (Å²) in [6.45, 7) is 3.59. The van der Waals surface area contributed by atoms with Crippen LogP contribution in [0.5, 0.6) is 0 Å². The second kappa shape index (κ2) is 10.3. The number of amides is 1. The Labute approximate surface area is 188 Å². The summed E-state index contributed by atoms with van der Waals surface area (Å²) in [5.74, 6) is -1.31. The van der Waals surface area contributed by atoms with Gasteiger partial charge in [-0.1, -0.05) is 30.3 Å². The maximum atomic E-state index is 12.8. The summed E-state index contributed by atoms with van der Waals surface area (Å²) in [6.07, 6.45) is -2.08. The number of rotatable bonds is 8. The van der Waals surface area contributed by atoms with Crippen LogP contribution < -0.4 is 5.32 Å². The number of pyridine rings is 1. The van der Waals surface area contributed by atoms with Crippen LogP contribution in [0.15, 0.2) is 54.9 Å². The Kier molecular flexibility index (Phi) is 7.47. The second-order valence-corrected chi connectivity index (χ2v) is 7.31. The van der Waals surface area contributed by atoms with Gasteiger partial charge < -0.3 is 10.1 Å². The number of ether oxygens (including phenoxy) is 1. The second-order valence-electron chi connectivity index (χ2n) is 7.31. The van der Waals surface area contributed by atoms with E-state index in [9.17, 15) is 22.8 Å². The number of hydrogen-bond acceptors (Lipinski definition) is 5. The van der Waals surface area contributed by atoms with Crippen molar-refractivity contribution in [3.8, 4) is 5.82 Å². The van der Waals surface area contributed by atoms with Crippen molar-refractivity contribution >= 4 is 11.9 Å². The van der Waals surface area contributed by atoms with Gasteiger partial charge in [0.2, 0.25) is 0 Å². The number of nitrogens with zero attached hydrogens (tertiary/aromatic N) is 3. The van der Waals surface area contributed by atoms with Crippen LogP contribution in [0.25, 0.3) is 5.82 Å². The minimum absolute atomic E-state index is 0.0513. The summed E-state index contributed by atoms with van der Waals surface area (Å²) in [7, 11) is 0. The Hall–Kier alpha value is -3.69. The number of esters is 1. The van der Waals surface area contributed by atoms with E-state index in [0.29, 0.717) is 18.3 Å². The van der Waals surface area contributed by atoms with Crippen LogP contribution in [0, 0.1) is 12.8 Å². The van der Waals surface area contributed by atoms with Crippen molar-refractivity contribution in [3.05, 3.63) is 77.2 Å². The Bertz CT molecular complexity index is 1100. The largest absolute Gasteiger partial charge is 0.466 e. The highest BCUT2D eigenvalue weighted by Crippen LogP contribution is 2.28. The number of benzene rings is 1. The number of nitrogens with one attached hydrogen (secondary N) is 1. The number of aromatic nitrogens is 3. The first-order chi connectivity index (χ1) is 15.7. The third-order valence-electron chi connectivity index (χ3n) is 5.00. The van der Waals surface area contributed by atoms with Crippen LogP contribution in [0.2, 0.25) is 0 Å². The molecular formula is C23H23F3N4O3. The van der Waals surface area contributed by atoms with Gasteiger partial charge in [0.05, 0.1) is 35.5 Å². The van der Waals surface area contributed by atoms with Gasteiger partial charge in [-0.15, -0.1) is 0 Å². The fraction of sp³-hybridized carbons (Fsp3) is 0.304. The van der Waals surface area contributed by atoms with Crippen LogP contribution in [0.4, 0.5) is 13.2 Å². The molecule has 0 spiro atoms. The molecule has 0 bridgehead atoms. The van der Waals surface area contributed by atoms with E-state index in [-0.39, 0.29) is 24.5 Å². The molecule has 2 heterocycles. The lowest BCUT2D eigenvalue weighted by atomic mass is 9.99. The standard InChI is InChI=1S/C23H23F3N4O3/c1-3-33-22(32)17(11-16-7-5-4-6-8-16)12-28-21(31)19-14-29-30(15(19)2)20-10-9-18(13-27-20)23(24,25)26/h4-10,13-14,17H,3,11-12H2,1-2H3,(H,28,31). The van der Waals surface area contributed by atoms with E-state index in [0.717, 1.165) is 11.6 Å². The average molecular weight is 460 g/mol. The highest BCUT2D eigenvalue weighted by Gasteiger charge is 2.31. The van der Waals surface area contributed by atoms with E-state index in [1.54, 1.807) is 13.8 Å². The van der Waals surface area contributed by atoms with Gasteiger partial charge in [0.15, 0.2) is 5.82 Å². The zero-order valence-electron chi connectivity index (χ0n) is 18.1. The van der Waals surface area contributed by atoms with E-state index >= 15 is 0 Å². The lowest BCUT2D eigenvalue weighted by molar-refractivity contribution is -0.147. The molecule has 1 atom stereocenters. The van der Waals surface area contributed by atoms with E-state index in [4.69, 9.17) is 4.74 Å². The number of carbonyl (C=O) groups is 2. The van der Waals surface area contributed by atoms with Gasteiger partial charge >= 0.3 is 12.1 Å². The molecule has 1 aromatic carbocycles. The lowest BCUT2D eigenvalue weighted by Crippen LogP contribution is -2.35. The Balaban J connectivity index is 1.71. The van der Waals surface area contributed by atoms with Crippen molar-refractivity contribution < 1.29 is 27.5 Å². The normalized spacial score (nSPS) is 12.3. The molecule has 33 heavy (non-hydrogen) atoms. The van der Waals surface area contributed by atoms with E-state index in [1.165, 1.54) is 16.9 Å². The summed E-state index contributed by atoms with van der Waals surface area (Å²) >= 11 is 0. The molecular weight excluding hydrogens is 437 g/mol. The van der Waals surface area contributed by atoms with Crippen LogP contribution in [0.3, 0.4) is 0 Å².